The lowest BCUT2D eigenvalue weighted by Crippen LogP contribution is -2.18. The van der Waals surface area contributed by atoms with E-state index in [-0.39, 0.29) is 11.9 Å². The van der Waals surface area contributed by atoms with E-state index in [1.165, 1.54) is 26.0 Å². The van der Waals surface area contributed by atoms with Gasteiger partial charge in [0.1, 0.15) is 11.6 Å². The molecule has 3 aromatic rings. The van der Waals surface area contributed by atoms with Crippen LogP contribution in [-0.2, 0) is 0 Å². The summed E-state index contributed by atoms with van der Waals surface area (Å²) in [5, 5.41) is 11.8. The number of aromatic nitrogens is 4. The Balaban J connectivity index is 1.24. The summed E-state index contributed by atoms with van der Waals surface area (Å²) in [6.45, 7) is 0. The normalized spacial score (nSPS) is 19.5. The quantitative estimate of drug-likeness (QED) is 0.625. The lowest BCUT2D eigenvalue weighted by Gasteiger charge is -2.10. The van der Waals surface area contributed by atoms with E-state index in [4.69, 9.17) is 4.74 Å². The van der Waals surface area contributed by atoms with Gasteiger partial charge in [-0.05, 0) is 49.9 Å². The third kappa shape index (κ3) is 4.38. The molecule has 0 aliphatic heterocycles. The lowest BCUT2D eigenvalue weighted by molar-refractivity contribution is 0.413. The van der Waals surface area contributed by atoms with Gasteiger partial charge in [0, 0.05) is 35.9 Å². The van der Waals surface area contributed by atoms with Crippen molar-refractivity contribution in [2.24, 2.45) is 4.99 Å². The molecule has 8 heteroatoms. The van der Waals surface area contributed by atoms with Crippen molar-refractivity contribution in [3.05, 3.63) is 54.2 Å². The zero-order valence-electron chi connectivity index (χ0n) is 17.3. The first kappa shape index (κ1) is 19.5. The molecule has 0 radical (unpaired) electrons. The second kappa shape index (κ2) is 8.37. The molecule has 1 N–H and O–H groups in total. The van der Waals surface area contributed by atoms with Crippen LogP contribution in [0.15, 0.2) is 47.7 Å². The predicted octanol–water partition coefficient (Wildman–Crippen LogP) is 4.70. The van der Waals surface area contributed by atoms with Gasteiger partial charge in [-0.15, -0.1) is 10.2 Å². The number of hydrogen-bond acceptors (Lipinski definition) is 7. The zero-order chi connectivity index (χ0) is 21.2. The second-order valence-electron chi connectivity index (χ2n) is 7.97. The number of rotatable bonds is 6. The zero-order valence-corrected chi connectivity index (χ0v) is 17.3. The fourth-order valence-electron chi connectivity index (χ4n) is 3.87. The van der Waals surface area contributed by atoms with Crippen LogP contribution in [0, 0.1) is 5.82 Å². The molecule has 31 heavy (non-hydrogen) atoms. The van der Waals surface area contributed by atoms with Gasteiger partial charge in [-0.3, -0.25) is 0 Å². The summed E-state index contributed by atoms with van der Waals surface area (Å²) < 4.78 is 19.6. The van der Waals surface area contributed by atoms with Crippen LogP contribution >= 0.6 is 0 Å². The van der Waals surface area contributed by atoms with Crippen LogP contribution in [0.2, 0.25) is 0 Å². The van der Waals surface area contributed by atoms with E-state index in [2.05, 4.69) is 30.5 Å². The molecule has 1 aromatic carbocycles. The standard InChI is InChI=1S/C23H23FN6O/c1-31-20-4-2-3-18(24)22(20)15-7-10-21(25-12-15)27-16-8-9-17(11-16)28-23-26-13-19(29-30-23)14-5-6-14/h2-4,7,10,12-14,17H,5-6,8-9,11H2,1H3,(H,26,28,30)/t17-/m0/s1. The fourth-order valence-corrected chi connectivity index (χ4v) is 3.87. The summed E-state index contributed by atoms with van der Waals surface area (Å²) in [5.74, 6) is 1.87. The van der Waals surface area contributed by atoms with Gasteiger partial charge in [0.15, 0.2) is 5.82 Å². The molecule has 7 nitrogen and oxygen atoms in total. The van der Waals surface area contributed by atoms with Crippen molar-refractivity contribution in [1.82, 2.24) is 20.2 Å². The van der Waals surface area contributed by atoms with Crippen molar-refractivity contribution in [1.29, 1.82) is 0 Å². The van der Waals surface area contributed by atoms with Gasteiger partial charge in [-0.25, -0.2) is 19.4 Å². The number of ether oxygens (including phenoxy) is 1. The van der Waals surface area contributed by atoms with Crippen LogP contribution in [-0.4, -0.2) is 39.0 Å². The predicted molar refractivity (Wildman–Crippen MR) is 116 cm³/mol. The molecule has 158 valence electrons. The van der Waals surface area contributed by atoms with Gasteiger partial charge in [-0.2, -0.15) is 0 Å². The fraction of sp³-hybridized carbons (Fsp3) is 0.348. The maximum atomic E-state index is 14.3. The monoisotopic (exact) mass is 418 g/mol. The number of nitrogens with one attached hydrogen (secondary N) is 1. The van der Waals surface area contributed by atoms with E-state index in [0.717, 1.165) is 30.7 Å². The first-order valence-electron chi connectivity index (χ1n) is 10.5. The molecule has 2 aromatic heterocycles. The first-order valence-corrected chi connectivity index (χ1v) is 10.5. The minimum absolute atomic E-state index is 0.231. The minimum atomic E-state index is -0.341. The summed E-state index contributed by atoms with van der Waals surface area (Å²) in [4.78, 5) is 13.5. The summed E-state index contributed by atoms with van der Waals surface area (Å²) in [5.41, 5.74) is 3.12. The van der Waals surface area contributed by atoms with Gasteiger partial charge in [-0.1, -0.05) is 6.07 Å². The van der Waals surface area contributed by atoms with Crippen LogP contribution in [0.4, 0.5) is 16.2 Å². The molecule has 5 rings (SSSR count). The van der Waals surface area contributed by atoms with Gasteiger partial charge in [0.05, 0.1) is 24.6 Å². The molecule has 0 bridgehead atoms. The Hall–Kier alpha value is -3.42. The number of aliphatic imine (C=N–C) groups is 1. The number of anilines is 1. The highest BCUT2D eigenvalue weighted by molar-refractivity contribution is 5.89. The molecule has 0 unspecified atom stereocenters. The molecule has 0 amide bonds. The van der Waals surface area contributed by atoms with Crippen LogP contribution in [0.1, 0.15) is 43.7 Å². The Morgan fingerprint density at radius 2 is 1.97 bits per heavy atom. The third-order valence-electron chi connectivity index (χ3n) is 5.68. The second-order valence-corrected chi connectivity index (χ2v) is 7.97. The van der Waals surface area contributed by atoms with Gasteiger partial charge >= 0.3 is 0 Å². The van der Waals surface area contributed by atoms with E-state index < -0.39 is 0 Å². The van der Waals surface area contributed by atoms with Crippen molar-refractivity contribution in [3.63, 3.8) is 0 Å². The van der Waals surface area contributed by atoms with E-state index in [0.29, 0.717) is 34.6 Å². The van der Waals surface area contributed by atoms with Gasteiger partial charge in [0.2, 0.25) is 5.95 Å². The summed E-state index contributed by atoms with van der Waals surface area (Å²) in [6, 6.07) is 8.62. The molecule has 0 spiro atoms. The molecule has 2 aliphatic carbocycles. The minimum Gasteiger partial charge on any atom is -0.496 e. The lowest BCUT2D eigenvalue weighted by atomic mass is 10.1. The van der Waals surface area contributed by atoms with Crippen LogP contribution < -0.4 is 10.1 Å². The van der Waals surface area contributed by atoms with Crippen molar-refractivity contribution in [2.75, 3.05) is 12.4 Å². The Morgan fingerprint density at radius 1 is 1.06 bits per heavy atom. The van der Waals surface area contributed by atoms with Crippen LogP contribution in [0.3, 0.4) is 0 Å². The highest BCUT2D eigenvalue weighted by atomic mass is 19.1. The van der Waals surface area contributed by atoms with E-state index in [1.54, 1.807) is 24.4 Å². The molecule has 2 saturated carbocycles. The Bertz CT molecular complexity index is 1100. The topological polar surface area (TPSA) is 85.2 Å². The highest BCUT2D eigenvalue weighted by Gasteiger charge is 2.26. The van der Waals surface area contributed by atoms with Crippen LogP contribution in [0.25, 0.3) is 11.1 Å². The molecule has 2 aliphatic rings. The summed E-state index contributed by atoms with van der Waals surface area (Å²) in [7, 11) is 1.53. The Kier molecular flexibility index (Phi) is 5.28. The van der Waals surface area contributed by atoms with Crippen LogP contribution in [0.5, 0.6) is 5.75 Å². The molecular weight excluding hydrogens is 395 g/mol. The average molecular weight is 418 g/mol. The Labute approximate surface area is 179 Å². The number of halogens is 1. The summed E-state index contributed by atoms with van der Waals surface area (Å²) >= 11 is 0. The van der Waals surface area contributed by atoms with Crippen molar-refractivity contribution in [2.45, 2.75) is 44.1 Å². The largest absolute Gasteiger partial charge is 0.496 e. The number of pyridine rings is 1. The molecule has 2 heterocycles. The van der Waals surface area contributed by atoms with Crippen molar-refractivity contribution in [3.8, 4) is 16.9 Å². The van der Waals surface area contributed by atoms with Crippen molar-refractivity contribution < 1.29 is 9.13 Å². The highest BCUT2D eigenvalue weighted by Crippen LogP contribution is 2.38. The van der Waals surface area contributed by atoms with Crippen molar-refractivity contribution >= 4 is 17.5 Å². The van der Waals surface area contributed by atoms with E-state index in [9.17, 15) is 4.39 Å². The number of hydrogen-bond donors (Lipinski definition) is 1. The number of benzene rings is 1. The maximum Gasteiger partial charge on any atom is 0.242 e. The molecule has 0 saturated heterocycles. The first-order chi connectivity index (χ1) is 15.2. The van der Waals surface area contributed by atoms with E-state index >= 15 is 0 Å². The Morgan fingerprint density at radius 3 is 2.68 bits per heavy atom. The summed E-state index contributed by atoms with van der Waals surface area (Å²) in [6.07, 6.45) is 8.48. The third-order valence-corrected chi connectivity index (χ3v) is 5.68. The van der Waals surface area contributed by atoms with Gasteiger partial charge < -0.3 is 10.1 Å². The molecule has 2 fully saturated rings. The smallest absolute Gasteiger partial charge is 0.242 e. The SMILES string of the molecule is COc1cccc(F)c1-c1ccc(N=C2CC[C@H](Nc3ncc(C4CC4)nn3)C2)nc1. The van der Waals surface area contributed by atoms with E-state index in [1.807, 2.05) is 12.3 Å². The maximum absolute atomic E-state index is 14.3. The molecular formula is C23H23FN6O. The van der Waals surface area contributed by atoms with Gasteiger partial charge in [0.25, 0.3) is 0 Å². The number of nitrogens with zero attached hydrogens (tertiary/aromatic N) is 5. The molecule has 1 atom stereocenters. The average Bonchev–Trinajstić information content (AvgIpc) is 3.55. The number of methoxy groups -OCH3 is 1.